The molecule has 49 heavy (non-hydrogen) atoms. The third-order valence-corrected chi connectivity index (χ3v) is 12.5. The molecule has 3 aliphatic rings. The summed E-state index contributed by atoms with van der Waals surface area (Å²) in [7, 11) is 6.80. The van der Waals surface area contributed by atoms with Crippen LogP contribution in [0.5, 0.6) is 23.0 Å². The van der Waals surface area contributed by atoms with E-state index in [-0.39, 0.29) is 17.7 Å². The van der Waals surface area contributed by atoms with Crippen LogP contribution in [-0.2, 0) is 17.6 Å². The van der Waals surface area contributed by atoms with Gasteiger partial charge in [-0.3, -0.25) is 9.69 Å². The Bertz CT molecular complexity index is 1670. The maximum absolute atomic E-state index is 13.0. The number of hydrogen-bond donors (Lipinski definition) is 1. The first-order valence-electron chi connectivity index (χ1n) is 17.0. The van der Waals surface area contributed by atoms with Gasteiger partial charge in [0.1, 0.15) is 4.32 Å². The molecule has 6 rings (SSSR count). The van der Waals surface area contributed by atoms with Crippen LogP contribution < -0.4 is 24.3 Å². The molecule has 8 nitrogen and oxygen atoms in total. The maximum atomic E-state index is 13.0. The molecular formula is C38H46BrN3O5S2. The number of rotatable bonds is 10. The van der Waals surface area contributed by atoms with E-state index in [1.807, 2.05) is 24.3 Å². The van der Waals surface area contributed by atoms with Crippen molar-refractivity contribution in [3.63, 3.8) is 0 Å². The Kier molecular flexibility index (Phi) is 11.6. The second-order valence-electron chi connectivity index (χ2n) is 13.0. The lowest BCUT2D eigenvalue weighted by Crippen LogP contribution is -2.47. The van der Waals surface area contributed by atoms with Gasteiger partial charge in [-0.1, -0.05) is 53.3 Å². The van der Waals surface area contributed by atoms with E-state index in [1.54, 1.807) is 28.4 Å². The Balaban J connectivity index is 1.27. The molecule has 262 valence electrons. The molecule has 0 bridgehead atoms. The number of carbonyl (C=O) groups is 1. The van der Waals surface area contributed by atoms with Crippen molar-refractivity contribution in [1.82, 2.24) is 9.80 Å². The molecule has 1 fully saturated rings. The topological polar surface area (TPSA) is 72.5 Å². The molecule has 3 aliphatic heterocycles. The van der Waals surface area contributed by atoms with E-state index in [9.17, 15) is 4.79 Å². The summed E-state index contributed by atoms with van der Waals surface area (Å²) >= 11 is 11.0. The molecule has 1 saturated heterocycles. The number of thioether (sulfide) groups is 1. The van der Waals surface area contributed by atoms with Gasteiger partial charge < -0.3 is 29.2 Å². The fourth-order valence-corrected chi connectivity index (χ4v) is 9.35. The largest absolute Gasteiger partial charge is 0.493 e. The fraction of sp³-hybridized carbons (Fsp3) is 0.474. The van der Waals surface area contributed by atoms with Gasteiger partial charge >= 0.3 is 0 Å². The third kappa shape index (κ3) is 7.70. The van der Waals surface area contributed by atoms with Crippen molar-refractivity contribution in [3.8, 4) is 23.0 Å². The predicted octanol–water partition coefficient (Wildman–Crippen LogP) is 8.08. The van der Waals surface area contributed by atoms with Gasteiger partial charge in [-0.15, -0.1) is 0 Å². The highest BCUT2D eigenvalue weighted by Crippen LogP contribution is 2.49. The van der Waals surface area contributed by atoms with Gasteiger partial charge in [0, 0.05) is 35.8 Å². The lowest BCUT2D eigenvalue weighted by molar-refractivity contribution is -0.113. The normalized spacial score (nSPS) is 21.6. The predicted molar refractivity (Wildman–Crippen MR) is 205 cm³/mol. The lowest BCUT2D eigenvalue weighted by Gasteiger charge is -2.49. The minimum absolute atomic E-state index is 0.0529. The summed E-state index contributed by atoms with van der Waals surface area (Å²) in [6, 6.07) is 16.7. The van der Waals surface area contributed by atoms with Crippen LogP contribution in [0.1, 0.15) is 60.5 Å². The van der Waals surface area contributed by atoms with E-state index in [1.165, 1.54) is 34.0 Å². The second kappa shape index (κ2) is 15.9. The SMILES string of the molecule is CC[C@H]1CN2CCc3cc(OC)c(OC)cc3[C@@H]2C[C@@H]1C[C@@H]1c2cc(OC)c(OC)cc2CCN1C(=S)SCC(=O)Nc1ccc(Br)cc1. The molecule has 3 aromatic rings. The third-order valence-electron chi connectivity index (χ3n) is 10.5. The number of hydrogen-bond acceptors (Lipinski definition) is 8. The summed E-state index contributed by atoms with van der Waals surface area (Å²) in [5, 5.41) is 3.00. The molecule has 11 heteroatoms. The van der Waals surface area contributed by atoms with Gasteiger partial charge in [-0.05, 0) is 108 Å². The number of fused-ring (bicyclic) bond motifs is 4. The van der Waals surface area contributed by atoms with Gasteiger partial charge in [-0.25, -0.2) is 0 Å². The highest BCUT2D eigenvalue weighted by Gasteiger charge is 2.42. The molecule has 1 amide bonds. The fourth-order valence-electron chi connectivity index (χ4n) is 7.98. The average molecular weight is 769 g/mol. The molecule has 3 aromatic carbocycles. The van der Waals surface area contributed by atoms with Crippen LogP contribution in [0.2, 0.25) is 0 Å². The lowest BCUT2D eigenvalue weighted by atomic mass is 9.72. The average Bonchev–Trinajstić information content (AvgIpc) is 3.13. The first kappa shape index (κ1) is 35.8. The van der Waals surface area contributed by atoms with E-state index in [0.717, 1.165) is 89.2 Å². The number of ether oxygens (including phenoxy) is 4. The first-order chi connectivity index (χ1) is 23.8. The molecule has 0 unspecified atom stereocenters. The Morgan fingerprint density at radius 2 is 1.47 bits per heavy atom. The van der Waals surface area contributed by atoms with E-state index < -0.39 is 0 Å². The van der Waals surface area contributed by atoms with Crippen LogP contribution in [-0.4, -0.2) is 73.9 Å². The quantitative estimate of drug-likeness (QED) is 0.206. The van der Waals surface area contributed by atoms with Crippen molar-refractivity contribution in [2.45, 2.75) is 51.1 Å². The van der Waals surface area contributed by atoms with Gasteiger partial charge in [0.25, 0.3) is 0 Å². The minimum atomic E-state index is -0.0727. The molecule has 0 spiro atoms. The Labute approximate surface area is 308 Å². The molecule has 1 N–H and O–H groups in total. The van der Waals surface area contributed by atoms with Crippen LogP contribution >= 0.6 is 39.9 Å². The number of anilines is 1. The van der Waals surface area contributed by atoms with Crippen molar-refractivity contribution in [3.05, 3.63) is 75.3 Å². The summed E-state index contributed by atoms with van der Waals surface area (Å²) in [6.07, 6.45) is 4.99. The number of piperidine rings is 1. The van der Waals surface area contributed by atoms with Gasteiger partial charge in [0.15, 0.2) is 23.0 Å². The number of methoxy groups -OCH3 is 4. The number of nitrogens with zero attached hydrogens (tertiary/aromatic N) is 2. The molecule has 4 atom stereocenters. The zero-order valence-corrected chi connectivity index (χ0v) is 32.1. The van der Waals surface area contributed by atoms with E-state index in [4.69, 9.17) is 31.2 Å². The minimum Gasteiger partial charge on any atom is -0.493 e. The van der Waals surface area contributed by atoms with E-state index >= 15 is 0 Å². The zero-order chi connectivity index (χ0) is 34.7. The molecule has 3 heterocycles. The maximum Gasteiger partial charge on any atom is 0.234 e. The van der Waals surface area contributed by atoms with Crippen LogP contribution in [0, 0.1) is 11.8 Å². The standard InChI is InChI=1S/C38H46BrN3O5S2/c1-6-23-21-41-13-11-24-17-33(44-2)35(46-4)19-29(24)31(41)15-26(23)16-32-30-20-36(47-5)34(45-3)18-25(30)12-14-42(32)38(48)49-22-37(43)40-28-9-7-27(39)8-10-28/h7-10,17-20,23,26,31-32H,6,11-16,21-22H2,1-5H3,(H,40,43)/t23-,26+,31-,32+/m0/s1. The number of thiocarbonyl (C=S) groups is 1. The number of carbonyl (C=O) groups excluding carboxylic acids is 1. The summed E-state index contributed by atoms with van der Waals surface area (Å²) in [5.41, 5.74) is 5.98. The van der Waals surface area contributed by atoms with Gasteiger partial charge in [0.2, 0.25) is 5.91 Å². The van der Waals surface area contributed by atoms with Gasteiger partial charge in [-0.2, -0.15) is 0 Å². The molecule has 0 aromatic heterocycles. The van der Waals surface area contributed by atoms with Crippen LogP contribution in [0.15, 0.2) is 53.0 Å². The summed E-state index contributed by atoms with van der Waals surface area (Å²) in [5.74, 6) is 4.26. The number of nitrogens with one attached hydrogen (secondary N) is 1. The molecule has 0 radical (unpaired) electrons. The number of amides is 1. The number of halogens is 1. The summed E-state index contributed by atoms with van der Waals surface area (Å²) in [6.45, 7) is 5.23. The Morgan fingerprint density at radius 1 is 0.878 bits per heavy atom. The van der Waals surface area contributed by atoms with Gasteiger partial charge in [0.05, 0.1) is 40.2 Å². The van der Waals surface area contributed by atoms with Crippen molar-refractivity contribution in [2.75, 3.05) is 59.1 Å². The Hall–Kier alpha value is -2.99. The molecule has 0 aliphatic carbocycles. The smallest absolute Gasteiger partial charge is 0.234 e. The first-order valence-corrected chi connectivity index (χ1v) is 19.2. The number of benzene rings is 3. The van der Waals surface area contributed by atoms with Crippen LogP contribution in [0.25, 0.3) is 0 Å². The highest BCUT2D eigenvalue weighted by atomic mass is 79.9. The van der Waals surface area contributed by atoms with Crippen LogP contribution in [0.4, 0.5) is 5.69 Å². The van der Waals surface area contributed by atoms with Crippen LogP contribution in [0.3, 0.4) is 0 Å². The summed E-state index contributed by atoms with van der Waals surface area (Å²) in [4.78, 5) is 18.0. The monoisotopic (exact) mass is 767 g/mol. The summed E-state index contributed by atoms with van der Waals surface area (Å²) < 4.78 is 24.6. The Morgan fingerprint density at radius 3 is 2.10 bits per heavy atom. The van der Waals surface area contributed by atoms with Crippen molar-refractivity contribution < 1.29 is 23.7 Å². The molecule has 0 saturated carbocycles. The second-order valence-corrected chi connectivity index (χ2v) is 15.6. The molecular weight excluding hydrogens is 722 g/mol. The van der Waals surface area contributed by atoms with Crippen molar-refractivity contribution in [1.29, 1.82) is 0 Å². The highest BCUT2D eigenvalue weighted by molar-refractivity contribution is 9.10. The van der Waals surface area contributed by atoms with Crippen molar-refractivity contribution in [2.24, 2.45) is 11.8 Å². The zero-order valence-electron chi connectivity index (χ0n) is 28.9. The van der Waals surface area contributed by atoms with Crippen molar-refractivity contribution >= 4 is 55.8 Å². The van der Waals surface area contributed by atoms with E-state index in [0.29, 0.717) is 17.9 Å². The van der Waals surface area contributed by atoms with E-state index in [2.05, 4.69) is 62.2 Å².